The van der Waals surface area contributed by atoms with Crippen LogP contribution in [-0.4, -0.2) is 97.1 Å². The van der Waals surface area contributed by atoms with Gasteiger partial charge in [-0.3, -0.25) is 24.8 Å². The number of carbonyl (C=O) groups is 3. The van der Waals surface area contributed by atoms with Gasteiger partial charge >= 0.3 is 31.7 Å². The van der Waals surface area contributed by atoms with E-state index in [1.807, 2.05) is 13.2 Å². The first-order valence-corrected chi connectivity index (χ1v) is 19.2. The summed E-state index contributed by atoms with van der Waals surface area (Å²) < 4.78 is 62.8. The fourth-order valence-corrected chi connectivity index (χ4v) is 4.56. The zero-order valence-electron chi connectivity index (χ0n) is 30.7. The van der Waals surface area contributed by atoms with Crippen molar-refractivity contribution < 1.29 is 66.1 Å². The molecule has 0 aliphatic rings. The molecule has 0 fully saturated rings. The van der Waals surface area contributed by atoms with E-state index in [4.69, 9.17) is 36.0 Å². The van der Waals surface area contributed by atoms with Crippen LogP contribution >= 0.6 is 31.0 Å². The number of rotatable bonds is 15. The van der Waals surface area contributed by atoms with Crippen LogP contribution in [0.15, 0.2) is 41.6 Å². The monoisotopic (exact) mass is 857 g/mol. The molecule has 56 heavy (non-hydrogen) atoms. The molecular weight excluding hydrogens is 818 g/mol. The number of carbonyl (C=O) groups excluding carboxylic acids is 2. The molecule has 3 aromatic rings. The lowest BCUT2D eigenvalue weighted by molar-refractivity contribution is -0.385. The molecule has 19 nitrogen and oxygen atoms in total. The summed E-state index contributed by atoms with van der Waals surface area (Å²) in [4.78, 5) is 72.8. The molecule has 25 heteroatoms. The number of benzene rings is 2. The molecule has 0 unspecified atom stereocenters. The predicted molar refractivity (Wildman–Crippen MR) is 198 cm³/mol. The van der Waals surface area contributed by atoms with Gasteiger partial charge in [-0.05, 0) is 65.1 Å². The van der Waals surface area contributed by atoms with Crippen LogP contribution in [0.3, 0.4) is 0 Å². The highest BCUT2D eigenvalue weighted by Gasteiger charge is 2.31. The van der Waals surface area contributed by atoms with Crippen molar-refractivity contribution in [1.29, 1.82) is 0 Å². The van der Waals surface area contributed by atoms with E-state index in [-0.39, 0.29) is 28.7 Å². The van der Waals surface area contributed by atoms with Gasteiger partial charge in [-0.1, -0.05) is 23.4 Å². The number of aromatic nitrogens is 3. The van der Waals surface area contributed by atoms with E-state index < -0.39 is 72.9 Å². The van der Waals surface area contributed by atoms with Gasteiger partial charge < -0.3 is 39.7 Å². The molecule has 0 radical (unpaired) electrons. The summed E-state index contributed by atoms with van der Waals surface area (Å²) >= 11 is 7.31. The number of anilines is 2. The molecule has 6 N–H and O–H groups in total. The number of nitro groups is 1. The Hall–Kier alpha value is -4.80. The maximum Gasteiger partial charge on any atom is 0.416 e. The van der Waals surface area contributed by atoms with Gasteiger partial charge in [0.05, 0.1) is 34.9 Å². The second-order valence-corrected chi connectivity index (χ2v) is 14.4. The lowest BCUT2D eigenvalue weighted by Gasteiger charge is -2.20. The van der Waals surface area contributed by atoms with Gasteiger partial charge in [0.25, 0.3) is 5.69 Å². The zero-order chi connectivity index (χ0) is 42.9. The third kappa shape index (κ3) is 19.7. The summed E-state index contributed by atoms with van der Waals surface area (Å²) in [6.45, 7) is 9.41. The van der Waals surface area contributed by atoms with Crippen molar-refractivity contribution in [3.63, 3.8) is 0 Å². The van der Waals surface area contributed by atoms with Crippen molar-refractivity contribution in [2.75, 3.05) is 49.5 Å². The standard InChI is InChI=1S/C18H13ClF3NO7.C10H19N5S.C3H8NO5P/c1-2-28-16(24)9-29-17(25)12-8-11(4-5-14(12)23(26)27)30-15-6-3-10(7-13(15)19)18(20,21)22;1-6-11-7-12-8(15-10(2,3)4)14-9(13-7)16-5;5-3(6)1-4-2-10(7,8)9/h3-8H,2,9H2,1H3;6H2,1-5H3,(H2,11,12,13,14,15);4H,1-2H2,(H,5,6)(H2,7,8,9). The molecule has 2 aromatic carbocycles. The number of nitrogens with one attached hydrogen (secondary N) is 3. The van der Waals surface area contributed by atoms with Crippen LogP contribution in [0, 0.1) is 10.1 Å². The molecule has 0 saturated carbocycles. The number of ether oxygens (including phenoxy) is 3. The van der Waals surface area contributed by atoms with Crippen LogP contribution in [0.1, 0.15) is 50.5 Å². The van der Waals surface area contributed by atoms with Crippen LogP contribution in [0.4, 0.5) is 30.8 Å². The summed E-state index contributed by atoms with van der Waals surface area (Å²) in [5.74, 6) is -2.27. The first-order chi connectivity index (χ1) is 25.9. The fraction of sp³-hybridized carbons (Fsp3) is 0.419. The van der Waals surface area contributed by atoms with Crippen molar-refractivity contribution in [3.05, 3.63) is 62.7 Å². The lowest BCUT2D eigenvalue weighted by atomic mass is 10.1. The average molecular weight is 858 g/mol. The lowest BCUT2D eigenvalue weighted by Crippen LogP contribution is -2.27. The quantitative estimate of drug-likeness (QED) is 0.0346. The highest BCUT2D eigenvalue weighted by atomic mass is 35.5. The number of alkyl halides is 3. The molecule has 310 valence electrons. The van der Waals surface area contributed by atoms with Gasteiger partial charge in [-0.2, -0.15) is 28.1 Å². The molecular formula is C31H40ClF3N7O12PS. The Morgan fingerprint density at radius 3 is 2.16 bits per heavy atom. The van der Waals surface area contributed by atoms with E-state index in [9.17, 15) is 42.2 Å². The number of hydrogen-bond donors (Lipinski definition) is 6. The molecule has 0 bridgehead atoms. The summed E-state index contributed by atoms with van der Waals surface area (Å²) in [6.07, 6.45) is -3.25. The first-order valence-electron chi connectivity index (χ1n) is 15.8. The van der Waals surface area contributed by atoms with E-state index in [2.05, 4.69) is 56.4 Å². The number of nitrogens with zero attached hydrogens (tertiary/aromatic N) is 4. The Morgan fingerprint density at radius 1 is 1.02 bits per heavy atom. The first kappa shape index (κ1) is 49.2. The third-order valence-electron chi connectivity index (χ3n) is 5.71. The number of hydrogen-bond acceptors (Lipinski definition) is 16. The minimum atomic E-state index is -4.61. The maximum absolute atomic E-state index is 12.7. The topological polar surface area (TPSA) is 275 Å². The summed E-state index contributed by atoms with van der Waals surface area (Å²) in [5, 5.41) is 27.9. The van der Waals surface area contributed by atoms with E-state index in [1.54, 1.807) is 0 Å². The number of halogens is 4. The van der Waals surface area contributed by atoms with Crippen LogP contribution in [0.2, 0.25) is 5.02 Å². The second kappa shape index (κ2) is 22.7. The van der Waals surface area contributed by atoms with Crippen LogP contribution in [0.25, 0.3) is 0 Å². The molecule has 3 rings (SSSR count). The molecule has 0 aliphatic heterocycles. The largest absolute Gasteiger partial charge is 0.480 e. The van der Waals surface area contributed by atoms with Crippen LogP contribution in [-0.2, 0) is 29.8 Å². The molecule has 0 atom stereocenters. The number of nitro benzene ring substituents is 1. The molecule has 0 amide bonds. The average Bonchev–Trinajstić information content (AvgIpc) is 3.06. The molecule has 0 spiro atoms. The maximum atomic E-state index is 12.7. The number of carboxylic acids is 1. The highest BCUT2D eigenvalue weighted by Crippen LogP contribution is 2.37. The van der Waals surface area contributed by atoms with E-state index in [1.165, 1.54) is 18.7 Å². The van der Waals surface area contributed by atoms with Crippen molar-refractivity contribution in [2.24, 2.45) is 0 Å². The highest BCUT2D eigenvalue weighted by molar-refractivity contribution is 7.98. The SMILES string of the molecule is CCNc1nc(NC(C)(C)C)nc(SC)n1.CCOC(=O)COC(=O)c1cc(Oc2ccc(C(F)(F)F)cc2Cl)ccc1[N+](=O)[O-].O=C(O)CNCP(=O)(O)O. The van der Waals surface area contributed by atoms with Gasteiger partial charge in [0, 0.05) is 24.2 Å². The zero-order valence-corrected chi connectivity index (χ0v) is 33.1. The number of carboxylic acid groups (broad SMARTS) is 1. The van der Waals surface area contributed by atoms with Crippen molar-refractivity contribution >= 4 is 66.5 Å². The van der Waals surface area contributed by atoms with Crippen molar-refractivity contribution in [1.82, 2.24) is 20.3 Å². The number of thioether (sulfide) groups is 1. The van der Waals surface area contributed by atoms with E-state index in [0.717, 1.165) is 42.0 Å². The minimum Gasteiger partial charge on any atom is -0.480 e. The third-order valence-corrected chi connectivity index (χ3v) is 7.19. The predicted octanol–water partition coefficient (Wildman–Crippen LogP) is 5.81. The summed E-state index contributed by atoms with van der Waals surface area (Å²) in [7, 11) is -4.10. The normalized spacial score (nSPS) is 11.1. The van der Waals surface area contributed by atoms with Gasteiger partial charge in [-0.25, -0.2) is 9.59 Å². The number of aliphatic carboxylic acids is 1. The Kier molecular flexibility index (Phi) is 19.9. The van der Waals surface area contributed by atoms with Crippen LogP contribution < -0.4 is 20.7 Å². The Morgan fingerprint density at radius 2 is 1.66 bits per heavy atom. The van der Waals surface area contributed by atoms with Crippen molar-refractivity contribution in [3.8, 4) is 11.5 Å². The van der Waals surface area contributed by atoms with Gasteiger partial charge in [0.1, 0.15) is 17.1 Å². The molecule has 0 saturated heterocycles. The number of esters is 2. The molecule has 1 aromatic heterocycles. The Bertz CT molecular complexity index is 1870. The van der Waals surface area contributed by atoms with Crippen LogP contribution in [0.5, 0.6) is 11.5 Å². The van der Waals surface area contributed by atoms with E-state index >= 15 is 0 Å². The smallest absolute Gasteiger partial charge is 0.416 e. The van der Waals surface area contributed by atoms with Gasteiger partial charge in [0.15, 0.2) is 11.8 Å². The van der Waals surface area contributed by atoms with Gasteiger partial charge in [-0.15, -0.1) is 0 Å². The molecule has 1 heterocycles. The van der Waals surface area contributed by atoms with E-state index in [0.29, 0.717) is 18.0 Å². The van der Waals surface area contributed by atoms with Crippen molar-refractivity contribution in [2.45, 2.75) is 51.5 Å². The molecule has 0 aliphatic carbocycles. The van der Waals surface area contributed by atoms with Gasteiger partial charge in [0.2, 0.25) is 11.9 Å². The summed E-state index contributed by atoms with van der Waals surface area (Å²) in [5.41, 5.74) is -2.22. The Labute approximate surface area is 327 Å². The Balaban J connectivity index is 0.000000501. The second-order valence-electron chi connectivity index (χ2n) is 11.6. The fourth-order valence-electron chi connectivity index (χ4n) is 3.58. The minimum absolute atomic E-state index is 0.0493. The summed E-state index contributed by atoms with van der Waals surface area (Å²) in [6, 6.07) is 5.35.